The lowest BCUT2D eigenvalue weighted by Gasteiger charge is -2.48. The third-order valence-corrected chi connectivity index (χ3v) is 6.22. The molecule has 1 spiro atoms. The molecular formula is C21H29N3O3. The molecule has 1 unspecified atom stereocenters. The lowest BCUT2D eigenvalue weighted by atomic mass is 9.82. The maximum atomic E-state index is 12.6. The van der Waals surface area contributed by atoms with Gasteiger partial charge in [-0.15, -0.1) is 0 Å². The van der Waals surface area contributed by atoms with Crippen LogP contribution in [0.4, 0.5) is 0 Å². The predicted octanol–water partition coefficient (Wildman–Crippen LogP) is 2.29. The van der Waals surface area contributed by atoms with E-state index in [0.717, 1.165) is 24.8 Å². The Hall–Kier alpha value is -1.95. The van der Waals surface area contributed by atoms with Crippen LogP contribution in [-0.2, 0) is 20.9 Å². The number of ether oxygens (including phenoxy) is 1. The molecule has 146 valence electrons. The van der Waals surface area contributed by atoms with Gasteiger partial charge in [-0.05, 0) is 42.9 Å². The number of rotatable bonds is 5. The van der Waals surface area contributed by atoms with Gasteiger partial charge in [-0.3, -0.25) is 14.6 Å². The first-order chi connectivity index (χ1) is 13.1. The Balaban J connectivity index is 1.19. The summed E-state index contributed by atoms with van der Waals surface area (Å²) in [5.41, 5.74) is 0.855. The standard InChI is InChI=1S/C21H29N3O3/c25-19(23-12-16-6-8-22-9-7-16)10-17-11-21(27-13-17)14-24(15-21)20(26)18-4-2-1-3-5-18/h6-9,17-18H,1-5,10-15H2,(H,23,25). The second-order valence-electron chi connectivity index (χ2n) is 8.43. The van der Waals surface area contributed by atoms with Crippen molar-refractivity contribution in [3.63, 3.8) is 0 Å². The van der Waals surface area contributed by atoms with Crippen LogP contribution in [0.15, 0.2) is 24.5 Å². The summed E-state index contributed by atoms with van der Waals surface area (Å²) in [6, 6.07) is 3.81. The number of amides is 2. The number of nitrogens with zero attached hydrogens (tertiary/aromatic N) is 2. The maximum absolute atomic E-state index is 12.6. The summed E-state index contributed by atoms with van der Waals surface area (Å²) in [4.78, 5) is 30.8. The van der Waals surface area contributed by atoms with Crippen LogP contribution in [0.1, 0.15) is 50.5 Å². The van der Waals surface area contributed by atoms with Gasteiger partial charge < -0.3 is 15.0 Å². The van der Waals surface area contributed by atoms with E-state index in [-0.39, 0.29) is 23.3 Å². The molecule has 2 amide bonds. The minimum atomic E-state index is -0.194. The first kappa shape index (κ1) is 18.4. The summed E-state index contributed by atoms with van der Waals surface area (Å²) in [6.45, 7) is 2.56. The number of carbonyl (C=O) groups excluding carboxylic acids is 2. The Labute approximate surface area is 160 Å². The Morgan fingerprint density at radius 2 is 1.93 bits per heavy atom. The van der Waals surface area contributed by atoms with Crippen molar-refractivity contribution in [2.45, 2.75) is 57.1 Å². The molecule has 4 rings (SSSR count). The zero-order chi connectivity index (χ0) is 18.7. The lowest BCUT2D eigenvalue weighted by Crippen LogP contribution is -2.64. The Kier molecular flexibility index (Phi) is 5.43. The number of hydrogen-bond donors (Lipinski definition) is 1. The zero-order valence-corrected chi connectivity index (χ0v) is 15.9. The van der Waals surface area contributed by atoms with E-state index in [1.807, 2.05) is 17.0 Å². The number of hydrogen-bond acceptors (Lipinski definition) is 4. The number of nitrogens with one attached hydrogen (secondary N) is 1. The van der Waals surface area contributed by atoms with E-state index in [2.05, 4.69) is 10.3 Å². The number of likely N-dealkylation sites (tertiary alicyclic amines) is 1. The van der Waals surface area contributed by atoms with Crippen molar-refractivity contribution < 1.29 is 14.3 Å². The predicted molar refractivity (Wildman–Crippen MR) is 101 cm³/mol. The molecular weight excluding hydrogens is 342 g/mol. The highest BCUT2D eigenvalue weighted by molar-refractivity contribution is 5.80. The second kappa shape index (κ2) is 7.97. The maximum Gasteiger partial charge on any atom is 0.225 e. The van der Waals surface area contributed by atoms with Crippen molar-refractivity contribution in [1.29, 1.82) is 0 Å². The summed E-state index contributed by atoms with van der Waals surface area (Å²) < 4.78 is 6.04. The van der Waals surface area contributed by atoms with Gasteiger partial charge in [-0.25, -0.2) is 0 Å². The fourth-order valence-corrected chi connectivity index (χ4v) is 4.74. The number of aromatic nitrogens is 1. The fourth-order valence-electron chi connectivity index (χ4n) is 4.74. The summed E-state index contributed by atoms with van der Waals surface area (Å²) in [6.07, 6.45) is 10.5. The summed E-state index contributed by atoms with van der Waals surface area (Å²) >= 11 is 0. The largest absolute Gasteiger partial charge is 0.371 e. The van der Waals surface area contributed by atoms with E-state index < -0.39 is 0 Å². The molecule has 6 nitrogen and oxygen atoms in total. The molecule has 6 heteroatoms. The molecule has 3 heterocycles. The van der Waals surface area contributed by atoms with Crippen molar-refractivity contribution in [2.75, 3.05) is 19.7 Å². The number of carbonyl (C=O) groups is 2. The molecule has 3 fully saturated rings. The van der Waals surface area contributed by atoms with Gasteiger partial charge in [0.2, 0.25) is 11.8 Å². The van der Waals surface area contributed by atoms with E-state index in [4.69, 9.17) is 4.74 Å². The highest BCUT2D eigenvalue weighted by Crippen LogP contribution is 2.40. The summed E-state index contributed by atoms with van der Waals surface area (Å²) in [5, 5.41) is 2.97. The van der Waals surface area contributed by atoms with Gasteiger partial charge in [-0.2, -0.15) is 0 Å². The minimum Gasteiger partial charge on any atom is -0.371 e. The molecule has 2 aliphatic heterocycles. The zero-order valence-electron chi connectivity index (χ0n) is 15.9. The summed E-state index contributed by atoms with van der Waals surface area (Å²) in [5.74, 6) is 0.857. The van der Waals surface area contributed by atoms with Gasteiger partial charge >= 0.3 is 0 Å². The fraction of sp³-hybridized carbons (Fsp3) is 0.667. The Morgan fingerprint density at radius 1 is 1.19 bits per heavy atom. The summed E-state index contributed by atoms with van der Waals surface area (Å²) in [7, 11) is 0. The molecule has 1 aliphatic carbocycles. The first-order valence-electron chi connectivity index (χ1n) is 10.2. The molecule has 1 N–H and O–H groups in total. The van der Waals surface area contributed by atoms with Crippen molar-refractivity contribution >= 4 is 11.8 Å². The smallest absolute Gasteiger partial charge is 0.225 e. The molecule has 0 radical (unpaired) electrons. The monoisotopic (exact) mass is 371 g/mol. The third kappa shape index (κ3) is 4.32. The van der Waals surface area contributed by atoms with Crippen LogP contribution >= 0.6 is 0 Å². The van der Waals surface area contributed by atoms with Crippen molar-refractivity contribution in [2.24, 2.45) is 11.8 Å². The molecule has 3 aliphatic rings. The van der Waals surface area contributed by atoms with Crippen LogP contribution in [0, 0.1) is 11.8 Å². The first-order valence-corrected chi connectivity index (χ1v) is 10.2. The van der Waals surface area contributed by atoms with Gasteiger partial charge in [0.05, 0.1) is 19.7 Å². The van der Waals surface area contributed by atoms with E-state index in [1.54, 1.807) is 12.4 Å². The van der Waals surface area contributed by atoms with Gasteiger partial charge in [0, 0.05) is 31.3 Å². The van der Waals surface area contributed by atoms with Crippen molar-refractivity contribution in [3.05, 3.63) is 30.1 Å². The molecule has 27 heavy (non-hydrogen) atoms. The van der Waals surface area contributed by atoms with Crippen LogP contribution in [0.25, 0.3) is 0 Å². The topological polar surface area (TPSA) is 71.5 Å². The van der Waals surface area contributed by atoms with Crippen molar-refractivity contribution in [3.8, 4) is 0 Å². The molecule has 1 aromatic heterocycles. The van der Waals surface area contributed by atoms with Crippen LogP contribution < -0.4 is 5.32 Å². The van der Waals surface area contributed by atoms with Gasteiger partial charge in [0.1, 0.15) is 5.60 Å². The average molecular weight is 371 g/mol. The Morgan fingerprint density at radius 3 is 2.67 bits per heavy atom. The quantitative estimate of drug-likeness (QED) is 0.862. The highest BCUT2D eigenvalue weighted by atomic mass is 16.5. The normalized spacial score (nSPS) is 24.6. The molecule has 0 bridgehead atoms. The third-order valence-electron chi connectivity index (χ3n) is 6.22. The van der Waals surface area contributed by atoms with Gasteiger partial charge in [-0.1, -0.05) is 19.3 Å². The lowest BCUT2D eigenvalue weighted by molar-refractivity contribution is -0.162. The van der Waals surface area contributed by atoms with Gasteiger partial charge in [0.15, 0.2) is 0 Å². The van der Waals surface area contributed by atoms with E-state index in [1.165, 1.54) is 19.3 Å². The van der Waals surface area contributed by atoms with Crippen LogP contribution in [-0.4, -0.2) is 47.0 Å². The van der Waals surface area contributed by atoms with Crippen LogP contribution in [0.5, 0.6) is 0 Å². The minimum absolute atomic E-state index is 0.0620. The Bertz CT molecular complexity index is 667. The van der Waals surface area contributed by atoms with Crippen LogP contribution in [0.3, 0.4) is 0 Å². The van der Waals surface area contributed by atoms with E-state index in [0.29, 0.717) is 38.6 Å². The van der Waals surface area contributed by atoms with Crippen LogP contribution in [0.2, 0.25) is 0 Å². The molecule has 2 saturated heterocycles. The highest BCUT2D eigenvalue weighted by Gasteiger charge is 2.52. The number of pyridine rings is 1. The molecule has 0 aromatic carbocycles. The second-order valence-corrected chi connectivity index (χ2v) is 8.43. The molecule has 1 aromatic rings. The van der Waals surface area contributed by atoms with Crippen molar-refractivity contribution in [1.82, 2.24) is 15.2 Å². The average Bonchev–Trinajstić information content (AvgIpc) is 3.10. The molecule has 1 saturated carbocycles. The van der Waals surface area contributed by atoms with E-state index >= 15 is 0 Å². The SMILES string of the molecule is O=C(CC1COC2(C1)CN(C(=O)C1CCCCC1)C2)NCc1ccncc1. The van der Waals surface area contributed by atoms with E-state index in [9.17, 15) is 9.59 Å². The van der Waals surface area contributed by atoms with Gasteiger partial charge in [0.25, 0.3) is 0 Å². The molecule has 1 atom stereocenters.